The molecule has 2 atom stereocenters. The Balaban J connectivity index is 1.90. The fraction of sp³-hybridized carbons (Fsp3) is 0.909. The van der Waals surface area contributed by atoms with Crippen LogP contribution in [0, 0.1) is 0 Å². The second kappa shape index (κ2) is 4.22. The van der Waals surface area contributed by atoms with Gasteiger partial charge in [0.15, 0.2) is 0 Å². The zero-order chi connectivity index (χ0) is 11.8. The molecule has 5 heteroatoms. The van der Waals surface area contributed by atoms with E-state index < -0.39 is 5.60 Å². The van der Waals surface area contributed by atoms with Gasteiger partial charge in [0, 0.05) is 19.1 Å². The van der Waals surface area contributed by atoms with Crippen LogP contribution in [0.2, 0.25) is 0 Å². The van der Waals surface area contributed by atoms with Gasteiger partial charge in [-0.2, -0.15) is 0 Å². The lowest BCUT2D eigenvalue weighted by molar-refractivity contribution is -0.0319. The predicted molar refractivity (Wildman–Crippen MR) is 59.3 cm³/mol. The van der Waals surface area contributed by atoms with Gasteiger partial charge in [-0.25, -0.2) is 4.79 Å². The number of hydrogen-bond acceptors (Lipinski definition) is 4. The van der Waals surface area contributed by atoms with Crippen LogP contribution in [0.5, 0.6) is 0 Å². The van der Waals surface area contributed by atoms with Gasteiger partial charge in [-0.15, -0.1) is 0 Å². The monoisotopic (exact) mass is 228 g/mol. The lowest BCUT2D eigenvalue weighted by atomic mass is 9.98. The van der Waals surface area contributed by atoms with Crippen molar-refractivity contribution in [2.24, 2.45) is 0 Å². The van der Waals surface area contributed by atoms with Gasteiger partial charge in [0.2, 0.25) is 0 Å². The lowest BCUT2D eigenvalue weighted by Crippen LogP contribution is -2.68. The van der Waals surface area contributed by atoms with E-state index in [0.717, 1.165) is 19.7 Å². The van der Waals surface area contributed by atoms with Gasteiger partial charge in [-0.05, 0) is 20.8 Å². The third-order valence-electron chi connectivity index (χ3n) is 2.83. The second-order valence-electron chi connectivity index (χ2n) is 5.34. The SMILES string of the molecule is CC(C)(C)OC(=O)N1C[C@H]2NCCOC[C@H]21. The smallest absolute Gasteiger partial charge is 0.410 e. The summed E-state index contributed by atoms with van der Waals surface area (Å²) in [6.45, 7) is 8.55. The number of ether oxygens (including phenoxy) is 2. The molecule has 0 saturated carbocycles. The molecular weight excluding hydrogens is 208 g/mol. The maximum Gasteiger partial charge on any atom is 0.410 e. The molecule has 2 aliphatic rings. The number of carbonyl (C=O) groups is 1. The molecule has 1 N–H and O–H groups in total. The number of likely N-dealkylation sites (tertiary alicyclic amines) is 1. The van der Waals surface area contributed by atoms with Gasteiger partial charge in [0.1, 0.15) is 5.60 Å². The number of hydrogen-bond donors (Lipinski definition) is 1. The van der Waals surface area contributed by atoms with Crippen LogP contribution >= 0.6 is 0 Å². The van der Waals surface area contributed by atoms with Crippen LogP contribution < -0.4 is 5.32 Å². The van der Waals surface area contributed by atoms with Gasteiger partial charge < -0.3 is 14.8 Å². The summed E-state index contributed by atoms with van der Waals surface area (Å²) in [6.07, 6.45) is -0.235. The maximum absolute atomic E-state index is 11.8. The van der Waals surface area contributed by atoms with Gasteiger partial charge in [-0.3, -0.25) is 4.90 Å². The number of rotatable bonds is 0. The highest BCUT2D eigenvalue weighted by Crippen LogP contribution is 2.23. The third kappa shape index (κ3) is 2.47. The molecule has 0 aromatic rings. The van der Waals surface area contributed by atoms with Crippen molar-refractivity contribution < 1.29 is 14.3 Å². The third-order valence-corrected chi connectivity index (χ3v) is 2.83. The normalized spacial score (nSPS) is 30.1. The average Bonchev–Trinajstić information content (AvgIpc) is 2.25. The molecular formula is C11H20N2O3. The van der Waals surface area contributed by atoms with Crippen molar-refractivity contribution in [2.45, 2.75) is 38.5 Å². The molecule has 2 heterocycles. The van der Waals surface area contributed by atoms with Crippen LogP contribution in [0.25, 0.3) is 0 Å². The molecule has 0 aliphatic carbocycles. The highest BCUT2D eigenvalue weighted by Gasteiger charge is 2.44. The summed E-state index contributed by atoms with van der Waals surface area (Å²) < 4.78 is 10.8. The Morgan fingerprint density at radius 3 is 2.94 bits per heavy atom. The minimum absolute atomic E-state index is 0.136. The van der Waals surface area contributed by atoms with Crippen molar-refractivity contribution in [3.05, 3.63) is 0 Å². The fourth-order valence-electron chi connectivity index (χ4n) is 2.01. The molecule has 0 bridgehead atoms. The molecule has 2 aliphatic heterocycles. The quantitative estimate of drug-likeness (QED) is 0.659. The van der Waals surface area contributed by atoms with Crippen molar-refractivity contribution in [3.8, 4) is 0 Å². The topological polar surface area (TPSA) is 50.8 Å². The summed E-state index contributed by atoms with van der Waals surface area (Å²) in [5.74, 6) is 0. The molecule has 0 unspecified atom stereocenters. The molecule has 5 nitrogen and oxygen atoms in total. The number of fused-ring (bicyclic) bond motifs is 1. The predicted octanol–water partition coefficient (Wildman–Crippen LogP) is 0.594. The van der Waals surface area contributed by atoms with Crippen LogP contribution in [0.4, 0.5) is 4.79 Å². The summed E-state index contributed by atoms with van der Waals surface area (Å²) in [5.41, 5.74) is -0.429. The first-order valence-electron chi connectivity index (χ1n) is 5.78. The molecule has 0 aromatic heterocycles. The largest absolute Gasteiger partial charge is 0.444 e. The summed E-state index contributed by atoms with van der Waals surface area (Å²) >= 11 is 0. The first kappa shape index (κ1) is 11.7. The van der Waals surface area contributed by atoms with Gasteiger partial charge >= 0.3 is 6.09 Å². The summed E-state index contributed by atoms with van der Waals surface area (Å²) in [4.78, 5) is 13.6. The first-order valence-corrected chi connectivity index (χ1v) is 5.78. The van der Waals surface area contributed by atoms with Gasteiger partial charge in [-0.1, -0.05) is 0 Å². The van der Waals surface area contributed by atoms with E-state index in [1.54, 1.807) is 4.90 Å². The zero-order valence-corrected chi connectivity index (χ0v) is 10.2. The molecule has 0 radical (unpaired) electrons. The Morgan fingerprint density at radius 1 is 1.50 bits per heavy atom. The maximum atomic E-state index is 11.8. The van der Waals surface area contributed by atoms with Crippen molar-refractivity contribution in [1.82, 2.24) is 10.2 Å². The summed E-state index contributed by atoms with van der Waals surface area (Å²) in [5, 5.41) is 3.35. The van der Waals surface area contributed by atoms with Crippen molar-refractivity contribution in [2.75, 3.05) is 26.3 Å². The minimum Gasteiger partial charge on any atom is -0.444 e. The zero-order valence-electron chi connectivity index (χ0n) is 10.2. The van der Waals surface area contributed by atoms with Crippen molar-refractivity contribution in [1.29, 1.82) is 0 Å². The Morgan fingerprint density at radius 2 is 2.25 bits per heavy atom. The lowest BCUT2D eigenvalue weighted by Gasteiger charge is -2.46. The van der Waals surface area contributed by atoms with E-state index in [9.17, 15) is 4.79 Å². The van der Waals surface area contributed by atoms with Gasteiger partial charge in [0.05, 0.1) is 19.3 Å². The van der Waals surface area contributed by atoms with Crippen molar-refractivity contribution in [3.63, 3.8) is 0 Å². The molecule has 2 rings (SSSR count). The van der Waals surface area contributed by atoms with E-state index in [1.807, 2.05) is 20.8 Å². The Labute approximate surface area is 96.1 Å². The van der Waals surface area contributed by atoms with Gasteiger partial charge in [0.25, 0.3) is 0 Å². The molecule has 92 valence electrons. The van der Waals surface area contributed by atoms with Crippen LogP contribution in [-0.4, -0.2) is 55.0 Å². The van der Waals surface area contributed by atoms with Crippen LogP contribution in [0.1, 0.15) is 20.8 Å². The van der Waals surface area contributed by atoms with Crippen molar-refractivity contribution >= 4 is 6.09 Å². The standard InChI is InChI=1S/C11H20N2O3/c1-11(2,3)16-10(14)13-6-8-9(13)7-15-5-4-12-8/h8-9,12H,4-7H2,1-3H3/t8-,9-/m1/s1. The average molecular weight is 228 g/mol. The molecule has 2 saturated heterocycles. The Bertz CT molecular complexity index is 275. The first-order chi connectivity index (χ1) is 7.47. The van der Waals surface area contributed by atoms with E-state index in [1.165, 1.54) is 0 Å². The summed E-state index contributed by atoms with van der Waals surface area (Å²) in [6, 6.07) is 0.507. The van der Waals surface area contributed by atoms with E-state index >= 15 is 0 Å². The van der Waals surface area contributed by atoms with E-state index in [0.29, 0.717) is 12.6 Å². The number of nitrogens with one attached hydrogen (secondary N) is 1. The van der Waals surface area contributed by atoms with E-state index in [4.69, 9.17) is 9.47 Å². The number of carbonyl (C=O) groups excluding carboxylic acids is 1. The number of nitrogens with zero attached hydrogens (tertiary/aromatic N) is 1. The Kier molecular flexibility index (Phi) is 3.08. The van der Waals surface area contributed by atoms with E-state index in [-0.39, 0.29) is 12.1 Å². The van der Waals surface area contributed by atoms with Crippen LogP contribution in [0.3, 0.4) is 0 Å². The molecule has 0 spiro atoms. The fourth-order valence-corrected chi connectivity index (χ4v) is 2.01. The molecule has 0 aromatic carbocycles. The molecule has 1 amide bonds. The van der Waals surface area contributed by atoms with Crippen LogP contribution in [-0.2, 0) is 9.47 Å². The number of amides is 1. The molecule has 16 heavy (non-hydrogen) atoms. The highest BCUT2D eigenvalue weighted by molar-refractivity contribution is 5.70. The minimum atomic E-state index is -0.429. The Hall–Kier alpha value is -0.810. The van der Waals surface area contributed by atoms with Crippen LogP contribution in [0.15, 0.2) is 0 Å². The highest BCUT2D eigenvalue weighted by atomic mass is 16.6. The second-order valence-corrected chi connectivity index (χ2v) is 5.34. The van der Waals surface area contributed by atoms with E-state index in [2.05, 4.69) is 5.32 Å². The summed E-state index contributed by atoms with van der Waals surface area (Å²) in [7, 11) is 0. The molecule has 2 fully saturated rings.